The van der Waals surface area contributed by atoms with Gasteiger partial charge in [0.05, 0.1) is 12.1 Å². The molecule has 1 nitrogen and oxygen atoms in total. The summed E-state index contributed by atoms with van der Waals surface area (Å²) in [7, 11) is 0. The van der Waals surface area contributed by atoms with E-state index in [1.54, 1.807) is 0 Å². The molecule has 3 aliphatic rings. The minimum absolute atomic E-state index is 0.258. The molecule has 0 saturated heterocycles. The number of anilines is 1. The van der Waals surface area contributed by atoms with Crippen molar-refractivity contribution in [2.75, 3.05) is 4.90 Å². The lowest BCUT2D eigenvalue weighted by Crippen LogP contribution is -2.37. The molecule has 0 fully saturated rings. The fraction of sp³-hybridized carbons (Fsp3) is 0.0400. The fourth-order valence-corrected chi connectivity index (χ4v) is 7.73. The summed E-state index contributed by atoms with van der Waals surface area (Å²) in [6.45, 7) is 0. The smallest absolute Gasteiger partial charge is 0.0742 e. The van der Waals surface area contributed by atoms with Crippen molar-refractivity contribution in [3.8, 4) is 22.3 Å². The number of rotatable bonds is 7. The topological polar surface area (TPSA) is 3.24 Å². The minimum atomic E-state index is 0.258. The van der Waals surface area contributed by atoms with E-state index in [0.29, 0.717) is 0 Å². The maximum Gasteiger partial charge on any atom is 0.0742 e. The van der Waals surface area contributed by atoms with Crippen molar-refractivity contribution in [1.29, 1.82) is 0 Å². The molecule has 0 N–H and O–H groups in total. The predicted molar refractivity (Wildman–Crippen MR) is 214 cm³/mol. The highest BCUT2D eigenvalue weighted by atomic mass is 15.2. The highest BCUT2D eigenvalue weighted by Crippen LogP contribution is 2.41. The van der Waals surface area contributed by atoms with E-state index >= 15 is 0 Å². The third-order valence-electron chi connectivity index (χ3n) is 10.1. The summed E-state index contributed by atoms with van der Waals surface area (Å²) < 4.78 is 0. The SMILES string of the molecule is [c]1c(C(=C(c2ccccc2)c2ccccc2)c2ccccc2)cccc1-c1ccc(-c2ccc(N3C4C=CC=CC4=C4C=CC=CC43)cc2)cc1. The van der Waals surface area contributed by atoms with Gasteiger partial charge in [-0.2, -0.15) is 0 Å². The Hall–Kier alpha value is -6.44. The Morgan fingerprint density at radius 1 is 0.412 bits per heavy atom. The molecule has 1 heterocycles. The average molecular weight is 651 g/mol. The van der Waals surface area contributed by atoms with Gasteiger partial charge >= 0.3 is 0 Å². The minimum Gasteiger partial charge on any atom is -0.350 e. The van der Waals surface area contributed by atoms with Crippen LogP contribution < -0.4 is 4.90 Å². The van der Waals surface area contributed by atoms with E-state index in [1.165, 1.54) is 50.2 Å². The molecule has 0 aromatic heterocycles. The molecule has 2 atom stereocenters. The molecule has 1 heteroatoms. The van der Waals surface area contributed by atoms with E-state index < -0.39 is 0 Å². The van der Waals surface area contributed by atoms with Crippen LogP contribution in [-0.2, 0) is 0 Å². The zero-order chi connectivity index (χ0) is 34.0. The van der Waals surface area contributed by atoms with Crippen molar-refractivity contribution in [3.05, 3.63) is 246 Å². The summed E-state index contributed by atoms with van der Waals surface area (Å²) in [5.41, 5.74) is 15.6. The van der Waals surface area contributed by atoms with E-state index in [2.05, 4.69) is 217 Å². The summed E-state index contributed by atoms with van der Waals surface area (Å²) in [5.74, 6) is 0. The number of hydrogen-bond donors (Lipinski definition) is 0. The van der Waals surface area contributed by atoms with Gasteiger partial charge in [0.25, 0.3) is 0 Å². The van der Waals surface area contributed by atoms with Gasteiger partial charge in [-0.1, -0.05) is 194 Å². The largest absolute Gasteiger partial charge is 0.350 e. The second-order valence-corrected chi connectivity index (χ2v) is 13.1. The van der Waals surface area contributed by atoms with E-state index in [9.17, 15) is 0 Å². The molecule has 2 unspecified atom stereocenters. The zero-order valence-corrected chi connectivity index (χ0v) is 28.2. The van der Waals surface area contributed by atoms with Gasteiger partial charge in [-0.25, -0.2) is 0 Å². The van der Waals surface area contributed by atoms with Crippen LogP contribution in [0.3, 0.4) is 0 Å². The maximum atomic E-state index is 3.83. The van der Waals surface area contributed by atoms with Crippen LogP contribution in [0.1, 0.15) is 22.3 Å². The van der Waals surface area contributed by atoms with Crippen LogP contribution in [0.5, 0.6) is 0 Å². The molecule has 1 radical (unpaired) electrons. The van der Waals surface area contributed by atoms with Crippen LogP contribution in [0.4, 0.5) is 5.69 Å². The number of benzene rings is 6. The molecule has 0 bridgehead atoms. The first-order valence-electron chi connectivity index (χ1n) is 17.7. The molecular formula is C50H36N. The number of hydrogen-bond acceptors (Lipinski definition) is 1. The molecule has 6 aromatic rings. The monoisotopic (exact) mass is 650 g/mol. The number of nitrogens with zero attached hydrogens (tertiary/aromatic N) is 1. The summed E-state index contributed by atoms with van der Waals surface area (Å²) >= 11 is 0. The van der Waals surface area contributed by atoms with Crippen LogP contribution in [0, 0.1) is 6.07 Å². The van der Waals surface area contributed by atoms with E-state index in [4.69, 9.17) is 0 Å². The molecule has 1 aliphatic heterocycles. The third kappa shape index (κ3) is 5.83. The molecule has 0 spiro atoms. The maximum absolute atomic E-state index is 3.83. The van der Waals surface area contributed by atoms with Gasteiger partial charge in [0.15, 0.2) is 0 Å². The number of fused-ring (bicyclic) bond motifs is 2. The predicted octanol–water partition coefficient (Wildman–Crippen LogP) is 11.9. The van der Waals surface area contributed by atoms with Gasteiger partial charge < -0.3 is 4.90 Å². The lowest BCUT2D eigenvalue weighted by molar-refractivity contribution is 0.790. The van der Waals surface area contributed by atoms with Crippen LogP contribution in [0.15, 0.2) is 217 Å². The summed E-state index contributed by atoms with van der Waals surface area (Å²) in [4.78, 5) is 2.53. The third-order valence-corrected chi connectivity index (χ3v) is 10.1. The van der Waals surface area contributed by atoms with Gasteiger partial charge in [0.2, 0.25) is 0 Å². The van der Waals surface area contributed by atoms with Crippen molar-refractivity contribution >= 4 is 16.8 Å². The Kier molecular flexibility index (Phi) is 8.08. The standard InChI is InChI=1S/C50H36N/c1-4-15-39(16-5-1)49(40-17-6-2-7-18-40)50(41-19-8-3-9-20-41)43-22-14-21-42(35-43)38-29-27-36(28-30-38)37-31-33-44(34-32-37)51-47-25-12-10-23-45(47)46-24-11-13-26-48(46)51/h1-34,47-48H. The fourth-order valence-electron chi connectivity index (χ4n) is 7.73. The van der Waals surface area contributed by atoms with Crippen molar-refractivity contribution < 1.29 is 0 Å². The van der Waals surface area contributed by atoms with Gasteiger partial charge in [0.1, 0.15) is 0 Å². The molecule has 0 amide bonds. The highest BCUT2D eigenvalue weighted by molar-refractivity contribution is 6.04. The molecule has 9 rings (SSSR count). The van der Waals surface area contributed by atoms with E-state index in [1.807, 2.05) is 0 Å². The second kappa shape index (κ2) is 13.5. The molecule has 0 saturated carbocycles. The van der Waals surface area contributed by atoms with E-state index in [-0.39, 0.29) is 12.1 Å². The summed E-state index contributed by atoms with van der Waals surface area (Å²) in [6.07, 6.45) is 17.8. The van der Waals surface area contributed by atoms with Gasteiger partial charge in [0, 0.05) is 5.69 Å². The second-order valence-electron chi connectivity index (χ2n) is 13.1. The first-order valence-corrected chi connectivity index (χ1v) is 17.7. The molecular weight excluding hydrogens is 615 g/mol. The zero-order valence-electron chi connectivity index (χ0n) is 28.2. The Balaban J connectivity index is 1.05. The van der Waals surface area contributed by atoms with Crippen LogP contribution in [0.25, 0.3) is 33.4 Å². The Morgan fingerprint density at radius 2 is 0.882 bits per heavy atom. The molecule has 6 aromatic carbocycles. The average Bonchev–Trinajstić information content (AvgIpc) is 3.55. The van der Waals surface area contributed by atoms with E-state index in [0.717, 1.165) is 22.3 Å². The van der Waals surface area contributed by atoms with Crippen molar-refractivity contribution in [2.24, 2.45) is 0 Å². The molecule has 2 aliphatic carbocycles. The normalized spacial score (nSPS) is 17.0. The van der Waals surface area contributed by atoms with Crippen molar-refractivity contribution in [2.45, 2.75) is 12.1 Å². The van der Waals surface area contributed by atoms with Crippen LogP contribution in [0.2, 0.25) is 0 Å². The van der Waals surface area contributed by atoms with Crippen LogP contribution >= 0.6 is 0 Å². The summed E-state index contributed by atoms with van der Waals surface area (Å²) in [5, 5.41) is 0. The first-order chi connectivity index (χ1) is 25.3. The van der Waals surface area contributed by atoms with Gasteiger partial charge in [-0.3, -0.25) is 0 Å². The van der Waals surface area contributed by atoms with Crippen molar-refractivity contribution in [1.82, 2.24) is 0 Å². The quantitative estimate of drug-likeness (QED) is 0.155. The lowest BCUT2D eigenvalue weighted by atomic mass is 9.85. The summed E-state index contributed by atoms with van der Waals surface area (Å²) in [6, 6.07) is 60.9. The van der Waals surface area contributed by atoms with Gasteiger partial charge in [-0.05, 0) is 85.0 Å². The lowest BCUT2D eigenvalue weighted by Gasteiger charge is -2.32. The molecule has 241 valence electrons. The highest BCUT2D eigenvalue weighted by Gasteiger charge is 2.37. The van der Waals surface area contributed by atoms with Crippen molar-refractivity contribution in [3.63, 3.8) is 0 Å². The number of allylic oxidation sites excluding steroid dienone is 4. The Labute approximate surface area is 300 Å². The van der Waals surface area contributed by atoms with Crippen LogP contribution in [-0.4, -0.2) is 12.1 Å². The Morgan fingerprint density at radius 3 is 1.41 bits per heavy atom. The molecule has 51 heavy (non-hydrogen) atoms. The Bertz CT molecular complexity index is 2290. The first kappa shape index (κ1) is 30.6. The van der Waals surface area contributed by atoms with Gasteiger partial charge in [-0.15, -0.1) is 0 Å².